The highest BCUT2D eigenvalue weighted by Crippen LogP contribution is 2.28. The Labute approximate surface area is 163 Å². The second kappa shape index (κ2) is 7.96. The minimum absolute atomic E-state index is 0.0976. The molecule has 26 heavy (non-hydrogen) atoms. The first-order valence-electron chi connectivity index (χ1n) is 8.29. The van der Waals surface area contributed by atoms with E-state index in [9.17, 15) is 4.79 Å². The average molecular weight is 409 g/mol. The number of thioether (sulfide) groups is 1. The van der Waals surface area contributed by atoms with Crippen molar-refractivity contribution >= 4 is 34.7 Å². The highest BCUT2D eigenvalue weighted by atomic mass is 35.5. The van der Waals surface area contributed by atoms with E-state index in [0.29, 0.717) is 22.5 Å². The first-order valence-corrected chi connectivity index (χ1v) is 10.5. The van der Waals surface area contributed by atoms with Gasteiger partial charge in [0.15, 0.2) is 5.16 Å². The van der Waals surface area contributed by atoms with Crippen LogP contribution in [-0.2, 0) is 17.0 Å². The Balaban J connectivity index is 1.43. The second-order valence-electron chi connectivity index (χ2n) is 6.00. The molecule has 0 saturated carbocycles. The van der Waals surface area contributed by atoms with E-state index >= 15 is 0 Å². The van der Waals surface area contributed by atoms with Crippen molar-refractivity contribution in [2.24, 2.45) is 0 Å². The Morgan fingerprint density at radius 1 is 1.38 bits per heavy atom. The maximum atomic E-state index is 12.0. The van der Waals surface area contributed by atoms with Gasteiger partial charge in [0.25, 0.3) is 0 Å². The van der Waals surface area contributed by atoms with E-state index < -0.39 is 0 Å². The number of thiazole rings is 1. The fraction of sp³-hybridized carbons (Fsp3) is 0.353. The van der Waals surface area contributed by atoms with E-state index in [1.807, 2.05) is 29.6 Å². The molecule has 1 atom stereocenters. The van der Waals surface area contributed by atoms with Gasteiger partial charge in [-0.1, -0.05) is 35.5 Å². The Morgan fingerprint density at radius 2 is 2.23 bits per heavy atom. The zero-order valence-corrected chi connectivity index (χ0v) is 16.2. The Hall–Kier alpha value is -1.61. The van der Waals surface area contributed by atoms with Crippen molar-refractivity contribution in [2.45, 2.75) is 36.4 Å². The van der Waals surface area contributed by atoms with Gasteiger partial charge in [0.05, 0.1) is 18.3 Å². The average Bonchev–Trinajstić information content (AvgIpc) is 3.38. The van der Waals surface area contributed by atoms with E-state index in [-0.39, 0.29) is 11.8 Å². The van der Waals surface area contributed by atoms with Crippen molar-refractivity contribution in [2.75, 3.05) is 6.61 Å². The van der Waals surface area contributed by atoms with Crippen LogP contribution in [0.3, 0.4) is 0 Å². The van der Waals surface area contributed by atoms with Gasteiger partial charge in [-0.3, -0.25) is 4.57 Å². The summed E-state index contributed by atoms with van der Waals surface area (Å²) in [6.45, 7) is 1.32. The number of hydrogen-bond acceptors (Lipinski definition) is 6. The molecule has 3 heterocycles. The summed E-state index contributed by atoms with van der Waals surface area (Å²) in [7, 11) is 0. The molecular formula is C17H17ClN4O2S2. The second-order valence-corrected chi connectivity index (χ2v) is 8.23. The molecule has 1 aliphatic heterocycles. The van der Waals surface area contributed by atoms with Crippen LogP contribution in [0.2, 0.25) is 5.02 Å². The summed E-state index contributed by atoms with van der Waals surface area (Å²) in [5.41, 5.74) is 1.82. The molecule has 0 spiro atoms. The maximum Gasteiger partial charge on any atom is 0.344 e. The summed E-state index contributed by atoms with van der Waals surface area (Å²) < 4.78 is 7.29. The van der Waals surface area contributed by atoms with E-state index in [2.05, 4.69) is 15.2 Å². The minimum Gasteiger partial charge on any atom is -0.376 e. The number of ether oxygens (including phenoxy) is 1. The molecule has 4 rings (SSSR count). The van der Waals surface area contributed by atoms with Gasteiger partial charge in [-0.05, 0) is 25.0 Å². The number of H-pyrrole nitrogens is 1. The first kappa shape index (κ1) is 17.8. The summed E-state index contributed by atoms with van der Waals surface area (Å²) in [5.74, 6) is 0.653. The normalized spacial score (nSPS) is 17.0. The molecule has 0 unspecified atom stereocenters. The molecule has 136 valence electrons. The van der Waals surface area contributed by atoms with E-state index in [1.54, 1.807) is 15.9 Å². The molecule has 1 fully saturated rings. The van der Waals surface area contributed by atoms with Crippen molar-refractivity contribution < 1.29 is 4.74 Å². The van der Waals surface area contributed by atoms with Crippen LogP contribution in [0, 0.1) is 0 Å². The van der Waals surface area contributed by atoms with Crippen molar-refractivity contribution in [1.29, 1.82) is 0 Å². The summed E-state index contributed by atoms with van der Waals surface area (Å²) in [6.07, 6.45) is 2.13. The standard InChI is InChI=1S/C17H17ClN4O2S2/c18-12-5-3-11(4-6-12)15-19-13(9-25-15)10-26-17-21-20-16(23)22(17)8-14-2-1-7-24-14/h3-6,9,14H,1-2,7-8,10H2,(H,20,23)/t14-/m1/s1. The van der Waals surface area contributed by atoms with E-state index in [0.717, 1.165) is 35.7 Å². The molecule has 9 heteroatoms. The van der Waals surface area contributed by atoms with Gasteiger partial charge in [-0.25, -0.2) is 14.9 Å². The minimum atomic E-state index is -0.192. The van der Waals surface area contributed by atoms with Crippen LogP contribution in [0.25, 0.3) is 10.6 Å². The van der Waals surface area contributed by atoms with Crippen LogP contribution in [0.4, 0.5) is 0 Å². The number of nitrogens with one attached hydrogen (secondary N) is 1. The highest BCUT2D eigenvalue weighted by Gasteiger charge is 2.20. The van der Waals surface area contributed by atoms with Crippen molar-refractivity contribution in [3.05, 3.63) is 50.8 Å². The topological polar surface area (TPSA) is 72.8 Å². The largest absolute Gasteiger partial charge is 0.376 e. The smallest absolute Gasteiger partial charge is 0.344 e. The monoisotopic (exact) mass is 408 g/mol. The van der Waals surface area contributed by atoms with Gasteiger partial charge in [-0.15, -0.1) is 16.4 Å². The third-order valence-electron chi connectivity index (χ3n) is 4.13. The van der Waals surface area contributed by atoms with Gasteiger partial charge in [0.1, 0.15) is 5.01 Å². The molecule has 0 aliphatic carbocycles. The van der Waals surface area contributed by atoms with Crippen LogP contribution < -0.4 is 5.69 Å². The number of benzene rings is 1. The van der Waals surface area contributed by atoms with Gasteiger partial charge in [0, 0.05) is 28.3 Å². The lowest BCUT2D eigenvalue weighted by molar-refractivity contribution is 0.0941. The van der Waals surface area contributed by atoms with Crippen molar-refractivity contribution in [3.8, 4) is 10.6 Å². The quantitative estimate of drug-likeness (QED) is 0.627. The lowest BCUT2D eigenvalue weighted by atomic mass is 10.2. The summed E-state index contributed by atoms with van der Waals surface area (Å²) >= 11 is 9.03. The van der Waals surface area contributed by atoms with Crippen LogP contribution in [0.15, 0.2) is 39.6 Å². The SMILES string of the molecule is O=c1[nH]nc(SCc2csc(-c3ccc(Cl)cc3)n2)n1C[C@H]1CCCO1. The predicted molar refractivity (Wildman–Crippen MR) is 104 cm³/mol. The Bertz CT molecular complexity index is 929. The molecule has 3 aromatic rings. The van der Waals surface area contributed by atoms with Crippen LogP contribution in [0.1, 0.15) is 18.5 Å². The van der Waals surface area contributed by atoms with Crippen LogP contribution in [-0.4, -0.2) is 32.5 Å². The maximum absolute atomic E-state index is 12.0. The number of halogens is 1. The Morgan fingerprint density at radius 3 is 3.00 bits per heavy atom. The number of hydrogen-bond donors (Lipinski definition) is 1. The fourth-order valence-electron chi connectivity index (χ4n) is 2.80. The molecular weight excluding hydrogens is 392 g/mol. The molecule has 6 nitrogen and oxygen atoms in total. The molecule has 0 radical (unpaired) electrons. The summed E-state index contributed by atoms with van der Waals surface area (Å²) in [4.78, 5) is 16.7. The highest BCUT2D eigenvalue weighted by molar-refractivity contribution is 7.98. The number of aromatic amines is 1. The number of rotatable bonds is 6. The van der Waals surface area contributed by atoms with Gasteiger partial charge < -0.3 is 4.74 Å². The lowest BCUT2D eigenvalue weighted by Gasteiger charge is -2.10. The van der Waals surface area contributed by atoms with Crippen LogP contribution >= 0.6 is 34.7 Å². The molecule has 1 N–H and O–H groups in total. The predicted octanol–water partition coefficient (Wildman–Crippen LogP) is 3.82. The molecule has 1 aromatic carbocycles. The summed E-state index contributed by atoms with van der Waals surface area (Å²) in [6, 6.07) is 7.65. The summed E-state index contributed by atoms with van der Waals surface area (Å²) in [5, 5.41) is 11.0. The first-order chi connectivity index (χ1) is 12.7. The number of aromatic nitrogens is 4. The molecule has 1 aliphatic rings. The van der Waals surface area contributed by atoms with Crippen molar-refractivity contribution in [1.82, 2.24) is 19.7 Å². The molecule has 2 aromatic heterocycles. The van der Waals surface area contributed by atoms with Gasteiger partial charge in [-0.2, -0.15) is 0 Å². The Kier molecular flexibility index (Phi) is 5.44. The third-order valence-corrected chi connectivity index (χ3v) is 6.33. The van der Waals surface area contributed by atoms with Gasteiger partial charge in [0.2, 0.25) is 0 Å². The third kappa shape index (κ3) is 4.03. The van der Waals surface area contributed by atoms with Crippen molar-refractivity contribution in [3.63, 3.8) is 0 Å². The molecule has 0 amide bonds. The molecule has 0 bridgehead atoms. The fourth-order valence-corrected chi connectivity index (χ4v) is 4.71. The molecule has 1 saturated heterocycles. The van der Waals surface area contributed by atoms with Crippen LogP contribution in [0.5, 0.6) is 0 Å². The number of nitrogens with zero attached hydrogens (tertiary/aromatic N) is 3. The lowest BCUT2D eigenvalue weighted by Crippen LogP contribution is -2.24. The zero-order chi connectivity index (χ0) is 17.9. The van der Waals surface area contributed by atoms with E-state index in [4.69, 9.17) is 16.3 Å². The van der Waals surface area contributed by atoms with Gasteiger partial charge >= 0.3 is 5.69 Å². The van der Waals surface area contributed by atoms with E-state index in [1.165, 1.54) is 11.8 Å². The zero-order valence-electron chi connectivity index (χ0n) is 13.9.